The molecule has 19 heavy (non-hydrogen) atoms. The van der Waals surface area contributed by atoms with Crippen LogP contribution < -0.4 is 0 Å². The van der Waals surface area contributed by atoms with E-state index in [4.69, 9.17) is 4.27 Å². The van der Waals surface area contributed by atoms with E-state index in [0.717, 1.165) is 21.6 Å². The second-order valence-electron chi connectivity index (χ2n) is 3.12. The van der Waals surface area contributed by atoms with Gasteiger partial charge in [0.1, 0.15) is 0 Å². The van der Waals surface area contributed by atoms with Crippen LogP contribution in [-0.4, -0.2) is 51.1 Å². The van der Waals surface area contributed by atoms with Crippen molar-refractivity contribution in [3.63, 3.8) is 0 Å². The summed E-state index contributed by atoms with van der Waals surface area (Å²) in [5.74, 6) is 0. The van der Waals surface area contributed by atoms with Gasteiger partial charge in [-0.3, -0.25) is 0 Å². The molecule has 0 spiro atoms. The van der Waals surface area contributed by atoms with Gasteiger partial charge in [-0.2, -0.15) is 0 Å². The van der Waals surface area contributed by atoms with Crippen molar-refractivity contribution in [1.29, 1.82) is 0 Å². The summed E-state index contributed by atoms with van der Waals surface area (Å²) in [5, 5.41) is 0. The van der Waals surface area contributed by atoms with E-state index in [9.17, 15) is 16.8 Å². The fourth-order valence-corrected chi connectivity index (χ4v) is 13.9. The Bertz CT molecular complexity index is 399. The molecule has 13 heteroatoms. The fraction of sp³-hybridized carbons (Fsp3) is 1.00. The van der Waals surface area contributed by atoms with Gasteiger partial charge in [0.15, 0.2) is 0 Å². The Kier molecular flexibility index (Phi) is 11.1. The topological polar surface area (TPSA) is 86.7 Å². The summed E-state index contributed by atoms with van der Waals surface area (Å²) in [7, 11) is -5.97. The molecule has 6 nitrogen and oxygen atoms in total. The van der Waals surface area contributed by atoms with Crippen molar-refractivity contribution in [2.75, 3.05) is 0 Å². The van der Waals surface area contributed by atoms with E-state index in [1.807, 2.05) is 0 Å². The first-order valence-corrected chi connectivity index (χ1v) is 14.9. The molecule has 2 unspecified atom stereocenters. The van der Waals surface area contributed by atoms with E-state index < -0.39 is 54.5 Å². The van der Waals surface area contributed by atoms with E-state index in [-0.39, 0.29) is 0 Å². The molecule has 0 bridgehead atoms. The van der Waals surface area contributed by atoms with Crippen LogP contribution in [0.3, 0.4) is 0 Å². The van der Waals surface area contributed by atoms with Gasteiger partial charge in [0.2, 0.25) is 0 Å². The monoisotopic (exact) mass is 582 g/mol. The summed E-state index contributed by atoms with van der Waals surface area (Å²) >= 11 is 4.96. The van der Waals surface area contributed by atoms with Crippen LogP contribution in [-0.2, 0) is 24.5 Å². The Balaban J connectivity index is 4.53. The number of hydrogen-bond acceptors (Lipinski definition) is 10. The van der Waals surface area contributed by atoms with E-state index in [1.165, 1.54) is 0 Å². The van der Waals surface area contributed by atoms with Gasteiger partial charge in [0.25, 0.3) is 0 Å². The van der Waals surface area contributed by atoms with Crippen molar-refractivity contribution >= 4 is 90.3 Å². The van der Waals surface area contributed by atoms with Crippen LogP contribution in [0.15, 0.2) is 0 Å². The SMILES string of the molecule is CCC(SS)S(=O)(=O)[O][Pb][O]S(=O)(=O)C(CC)SS. The number of hydrogen-bond donors (Lipinski definition) is 2. The van der Waals surface area contributed by atoms with Crippen LogP contribution >= 0.6 is 44.9 Å². The molecule has 0 fully saturated rings. The van der Waals surface area contributed by atoms with Crippen LogP contribution in [0.5, 0.6) is 0 Å². The van der Waals surface area contributed by atoms with Gasteiger partial charge in [-0.15, -0.1) is 0 Å². The van der Waals surface area contributed by atoms with Crippen molar-refractivity contribution in [2.24, 2.45) is 0 Å². The minimum atomic E-state index is -3.83. The number of rotatable bonds is 10. The number of thiol groups is 2. The third kappa shape index (κ3) is 7.30. The van der Waals surface area contributed by atoms with Gasteiger partial charge in [-0.1, -0.05) is 0 Å². The summed E-state index contributed by atoms with van der Waals surface area (Å²) < 4.78 is 54.4. The van der Waals surface area contributed by atoms with Gasteiger partial charge < -0.3 is 0 Å². The van der Waals surface area contributed by atoms with Gasteiger partial charge >= 0.3 is 147 Å². The van der Waals surface area contributed by atoms with Gasteiger partial charge in [0.05, 0.1) is 0 Å². The molecule has 0 amide bonds. The van der Waals surface area contributed by atoms with E-state index >= 15 is 0 Å². The molecule has 0 aromatic carbocycles. The molecular weight excluding hydrogens is 568 g/mol. The van der Waals surface area contributed by atoms with Crippen LogP contribution in [0.2, 0.25) is 0 Å². The van der Waals surface area contributed by atoms with E-state index in [1.54, 1.807) is 13.8 Å². The molecule has 0 aromatic rings. The zero-order valence-electron chi connectivity index (χ0n) is 10.0. The predicted molar refractivity (Wildman–Crippen MR) is 87.1 cm³/mol. The maximum atomic E-state index is 11.6. The Hall–Kier alpha value is 2.14. The molecule has 2 radical (unpaired) electrons. The van der Waals surface area contributed by atoms with Crippen molar-refractivity contribution in [3.05, 3.63) is 0 Å². The predicted octanol–water partition coefficient (Wildman–Crippen LogP) is 1.84. The van der Waals surface area contributed by atoms with Crippen molar-refractivity contribution in [1.82, 2.24) is 0 Å². The van der Waals surface area contributed by atoms with Crippen molar-refractivity contribution in [3.8, 4) is 0 Å². The zero-order chi connectivity index (χ0) is 15.1. The summed E-state index contributed by atoms with van der Waals surface area (Å²) in [6.45, 7) is 3.34. The summed E-state index contributed by atoms with van der Waals surface area (Å²) in [6.07, 6.45) is 0.632. The van der Waals surface area contributed by atoms with Gasteiger partial charge in [0, 0.05) is 0 Å². The average Bonchev–Trinajstić information content (AvgIpc) is 2.30. The van der Waals surface area contributed by atoms with Crippen molar-refractivity contribution < 1.29 is 21.1 Å². The summed E-state index contributed by atoms with van der Waals surface area (Å²) in [4.78, 5) is 0. The van der Waals surface area contributed by atoms with Crippen LogP contribution in [0, 0.1) is 0 Å². The van der Waals surface area contributed by atoms with Crippen LogP contribution in [0.1, 0.15) is 26.7 Å². The van der Waals surface area contributed by atoms with E-state index in [0.29, 0.717) is 12.8 Å². The minimum absolute atomic E-state index is 0.316. The second kappa shape index (κ2) is 10.0. The third-order valence-corrected chi connectivity index (χ3v) is 16.9. The Morgan fingerprint density at radius 3 is 1.47 bits per heavy atom. The van der Waals surface area contributed by atoms with Crippen LogP contribution in [0.4, 0.5) is 0 Å². The van der Waals surface area contributed by atoms with Gasteiger partial charge in [-0.25, -0.2) is 0 Å². The molecular formula is C6H14O6PbS6. The second-order valence-corrected chi connectivity index (χ2v) is 14.5. The molecule has 0 saturated heterocycles. The Morgan fingerprint density at radius 1 is 0.947 bits per heavy atom. The van der Waals surface area contributed by atoms with Gasteiger partial charge in [-0.05, 0) is 0 Å². The Morgan fingerprint density at radius 2 is 1.26 bits per heavy atom. The third-order valence-electron chi connectivity index (χ3n) is 1.85. The Labute approximate surface area is 145 Å². The zero-order valence-corrected chi connectivity index (χ0v) is 19.0. The molecule has 0 saturated carbocycles. The summed E-state index contributed by atoms with van der Waals surface area (Å²) in [5.41, 5.74) is 0. The first-order chi connectivity index (χ1) is 8.75. The summed E-state index contributed by atoms with van der Waals surface area (Å²) in [6, 6.07) is 0. The standard InChI is InChI=1S/2C3H8O3S3.Pb/c2*1-2-3(8-7)9(4,5)6;/h2*3,7H,2H2,1H3,(H,4,5,6);/q;;+2/p-2. The van der Waals surface area contributed by atoms with Crippen molar-refractivity contribution in [2.45, 2.75) is 35.9 Å². The van der Waals surface area contributed by atoms with Crippen LogP contribution in [0.25, 0.3) is 0 Å². The normalized spacial score (nSPS) is 16.2. The first-order valence-electron chi connectivity index (χ1n) is 4.95. The molecule has 0 N–H and O–H groups in total. The molecule has 0 heterocycles. The van der Waals surface area contributed by atoms with E-state index in [2.05, 4.69) is 23.3 Å². The maximum absolute atomic E-state index is 11.6. The fourth-order valence-electron chi connectivity index (χ4n) is 0.879. The molecule has 0 rings (SSSR count). The molecule has 114 valence electrons. The first kappa shape index (κ1) is 21.1. The quantitative estimate of drug-likeness (QED) is 0.230. The molecule has 2 atom stereocenters. The average molecular weight is 582 g/mol. The molecule has 0 aliphatic heterocycles. The molecule has 0 aliphatic carbocycles. The molecule has 0 aliphatic rings. The molecule has 0 aromatic heterocycles.